The van der Waals surface area contributed by atoms with Gasteiger partial charge in [-0.05, 0) is 6.92 Å². The molecular formula is C6H13KO6S. The minimum absolute atomic E-state index is 0. The van der Waals surface area contributed by atoms with E-state index in [1.54, 1.807) is 0 Å². The van der Waals surface area contributed by atoms with Crippen LogP contribution in [0.15, 0.2) is 0 Å². The van der Waals surface area contributed by atoms with E-state index < -0.39 is 17.9 Å². The van der Waals surface area contributed by atoms with E-state index in [-0.39, 0.29) is 64.9 Å². The Hall–Kier alpha value is 0.396. The number of rotatable bonds is 0. The van der Waals surface area contributed by atoms with Gasteiger partial charge in [-0.25, -0.2) is 0 Å². The SMILES string of the molecule is CC(=O)O.CC(=O)O.CC(=O)[O-].S.[K+]. The molecular weight excluding hydrogens is 239 g/mol. The summed E-state index contributed by atoms with van der Waals surface area (Å²) < 4.78 is 0. The summed E-state index contributed by atoms with van der Waals surface area (Å²) >= 11 is 0. The molecule has 0 unspecified atom stereocenters. The molecule has 8 heteroatoms. The third kappa shape index (κ3) is 10200. The van der Waals surface area contributed by atoms with Crippen molar-refractivity contribution in [3.05, 3.63) is 0 Å². The van der Waals surface area contributed by atoms with Gasteiger partial charge in [0, 0.05) is 19.8 Å². The summed E-state index contributed by atoms with van der Waals surface area (Å²) in [6.45, 7) is 3.14. The molecule has 0 aromatic heterocycles. The second-order valence-electron chi connectivity index (χ2n) is 1.53. The van der Waals surface area contributed by atoms with Gasteiger partial charge in [-0.3, -0.25) is 9.59 Å². The van der Waals surface area contributed by atoms with E-state index in [2.05, 4.69) is 0 Å². The van der Waals surface area contributed by atoms with Gasteiger partial charge in [0.05, 0.1) is 0 Å². The predicted molar refractivity (Wildman–Crippen MR) is 47.7 cm³/mol. The van der Waals surface area contributed by atoms with Crippen LogP contribution in [0, 0.1) is 0 Å². The molecule has 0 spiro atoms. The summed E-state index contributed by atoms with van der Waals surface area (Å²) in [5, 5.41) is 23.7. The first kappa shape index (κ1) is 29.3. The van der Waals surface area contributed by atoms with Crippen molar-refractivity contribution in [3.8, 4) is 0 Å². The molecule has 0 aliphatic rings. The molecule has 0 heterocycles. The summed E-state index contributed by atoms with van der Waals surface area (Å²) in [6, 6.07) is 0. The van der Waals surface area contributed by atoms with Crippen LogP contribution >= 0.6 is 13.5 Å². The quantitative estimate of drug-likeness (QED) is 0.425. The van der Waals surface area contributed by atoms with Gasteiger partial charge >= 0.3 is 51.4 Å². The van der Waals surface area contributed by atoms with Gasteiger partial charge in [-0.2, -0.15) is 13.5 Å². The Morgan fingerprint density at radius 1 is 0.929 bits per heavy atom. The van der Waals surface area contributed by atoms with Crippen molar-refractivity contribution < 1.29 is 81.1 Å². The van der Waals surface area contributed by atoms with Gasteiger partial charge in [0.25, 0.3) is 11.9 Å². The zero-order valence-corrected chi connectivity index (χ0v) is 12.7. The second-order valence-corrected chi connectivity index (χ2v) is 1.53. The van der Waals surface area contributed by atoms with Gasteiger partial charge in [0.15, 0.2) is 0 Å². The number of hydrogen-bond acceptors (Lipinski definition) is 4. The third-order valence-electron chi connectivity index (χ3n) is 0. The zero-order valence-electron chi connectivity index (χ0n) is 8.53. The summed E-state index contributed by atoms with van der Waals surface area (Å²) in [5.74, 6) is -2.75. The Labute approximate surface area is 132 Å². The van der Waals surface area contributed by atoms with Crippen LogP contribution in [-0.2, 0) is 14.4 Å². The van der Waals surface area contributed by atoms with E-state index in [0.29, 0.717) is 0 Å². The molecule has 14 heavy (non-hydrogen) atoms. The van der Waals surface area contributed by atoms with Crippen molar-refractivity contribution in [3.63, 3.8) is 0 Å². The van der Waals surface area contributed by atoms with Crippen molar-refractivity contribution in [2.45, 2.75) is 20.8 Å². The molecule has 0 atom stereocenters. The first-order valence-corrected chi connectivity index (χ1v) is 2.76. The third-order valence-corrected chi connectivity index (χ3v) is 0. The van der Waals surface area contributed by atoms with Crippen molar-refractivity contribution in [1.29, 1.82) is 0 Å². The zero-order chi connectivity index (χ0) is 10.7. The number of aliphatic carboxylic acids is 3. The Morgan fingerprint density at radius 3 is 0.929 bits per heavy atom. The normalized spacial score (nSPS) is 5.36. The number of hydrogen-bond donors (Lipinski definition) is 2. The van der Waals surface area contributed by atoms with Gasteiger partial charge in [0.1, 0.15) is 0 Å². The summed E-state index contributed by atoms with van der Waals surface area (Å²) in [7, 11) is 0. The maximum Gasteiger partial charge on any atom is 1.00 e. The van der Waals surface area contributed by atoms with Crippen LogP contribution in [0.3, 0.4) is 0 Å². The van der Waals surface area contributed by atoms with Crippen LogP contribution in [0.1, 0.15) is 20.8 Å². The van der Waals surface area contributed by atoms with E-state index in [0.717, 1.165) is 20.8 Å². The Bertz CT molecular complexity index is 120. The molecule has 0 bridgehead atoms. The molecule has 0 aromatic carbocycles. The summed E-state index contributed by atoms with van der Waals surface area (Å²) in [6.07, 6.45) is 0. The minimum atomic E-state index is -1.08. The predicted octanol–water partition coefficient (Wildman–Crippen LogP) is -3.95. The molecule has 2 N–H and O–H groups in total. The fraction of sp³-hybridized carbons (Fsp3) is 0.500. The number of carboxylic acids is 3. The first-order chi connectivity index (χ1) is 5.20. The van der Waals surface area contributed by atoms with E-state index in [4.69, 9.17) is 29.7 Å². The topological polar surface area (TPSA) is 115 Å². The van der Waals surface area contributed by atoms with Gasteiger partial charge in [-0.1, -0.05) is 0 Å². The van der Waals surface area contributed by atoms with Crippen molar-refractivity contribution in [2.75, 3.05) is 0 Å². The largest absolute Gasteiger partial charge is 1.00 e. The molecule has 0 saturated heterocycles. The van der Waals surface area contributed by atoms with Gasteiger partial charge in [-0.15, -0.1) is 0 Å². The maximum absolute atomic E-state index is 9.00. The van der Waals surface area contributed by atoms with E-state index in [1.165, 1.54) is 0 Å². The number of carbonyl (C=O) groups excluding carboxylic acids is 1. The van der Waals surface area contributed by atoms with Gasteiger partial charge in [0.2, 0.25) is 0 Å². The summed E-state index contributed by atoms with van der Waals surface area (Å²) in [5.41, 5.74) is 0. The molecule has 0 aliphatic heterocycles. The molecule has 0 amide bonds. The molecule has 80 valence electrons. The van der Waals surface area contributed by atoms with Crippen LogP contribution in [0.2, 0.25) is 0 Å². The maximum atomic E-state index is 9.00. The summed E-state index contributed by atoms with van der Waals surface area (Å²) in [4.78, 5) is 26.9. The molecule has 0 saturated carbocycles. The Kier molecular flexibility index (Phi) is 48.7. The Balaban J connectivity index is -0.0000000270. The Morgan fingerprint density at radius 2 is 0.929 bits per heavy atom. The van der Waals surface area contributed by atoms with Crippen LogP contribution in [-0.4, -0.2) is 28.1 Å². The van der Waals surface area contributed by atoms with Crippen LogP contribution < -0.4 is 56.5 Å². The van der Waals surface area contributed by atoms with Gasteiger partial charge < -0.3 is 20.1 Å². The average molecular weight is 252 g/mol. The van der Waals surface area contributed by atoms with E-state index in [1.807, 2.05) is 0 Å². The smallest absolute Gasteiger partial charge is 0.550 e. The first-order valence-electron chi connectivity index (χ1n) is 2.76. The van der Waals surface area contributed by atoms with Crippen molar-refractivity contribution >= 4 is 31.4 Å². The fourth-order valence-corrected chi connectivity index (χ4v) is 0. The van der Waals surface area contributed by atoms with E-state index >= 15 is 0 Å². The molecule has 0 aliphatic carbocycles. The minimum Gasteiger partial charge on any atom is -0.550 e. The molecule has 0 rings (SSSR count). The van der Waals surface area contributed by atoms with Crippen LogP contribution in [0.4, 0.5) is 0 Å². The molecule has 0 fully saturated rings. The fourth-order valence-electron chi connectivity index (χ4n) is 0. The standard InChI is InChI=1S/3C2H4O2.K.H2S/c3*1-2(3)4;;/h3*1H3,(H,3,4);;1H2/q;;;+1;/p-1. The number of carbonyl (C=O) groups is 3. The molecule has 0 aromatic rings. The average Bonchev–Trinajstić information content (AvgIpc) is 1.54. The van der Waals surface area contributed by atoms with Crippen molar-refractivity contribution in [2.24, 2.45) is 0 Å². The molecule has 0 radical (unpaired) electrons. The monoisotopic (exact) mass is 252 g/mol. The number of carboxylic acid groups (broad SMARTS) is 3. The molecule has 6 nitrogen and oxygen atoms in total. The second kappa shape index (κ2) is 23.3. The van der Waals surface area contributed by atoms with E-state index in [9.17, 15) is 0 Å². The van der Waals surface area contributed by atoms with Crippen LogP contribution in [0.25, 0.3) is 0 Å². The van der Waals surface area contributed by atoms with Crippen LogP contribution in [0.5, 0.6) is 0 Å². The van der Waals surface area contributed by atoms with Crippen molar-refractivity contribution in [1.82, 2.24) is 0 Å².